The Labute approximate surface area is 86.5 Å². The zero-order valence-corrected chi connectivity index (χ0v) is 9.52. The molecular weight excluding hydrogens is 174 g/mol. The number of amides is 1. The van der Waals surface area contributed by atoms with E-state index in [2.05, 4.69) is 19.2 Å². The summed E-state index contributed by atoms with van der Waals surface area (Å²) in [6.45, 7) is 6.48. The Balaban J connectivity index is 1.94. The standard InChI is InChI=1S/C12H21NO/c1-4-10(14)13-9(2)12-6-5-11(3,7-12)8-12/h9H,4-8H2,1-3H3,(H,13,14). The third kappa shape index (κ3) is 1.35. The number of nitrogens with one attached hydrogen (secondary N) is 1. The highest BCUT2D eigenvalue weighted by Gasteiger charge is 2.60. The second-order valence-corrected chi connectivity index (χ2v) is 5.67. The minimum absolute atomic E-state index is 0.201. The van der Waals surface area contributed by atoms with Crippen molar-refractivity contribution in [2.45, 2.75) is 58.9 Å². The number of carbonyl (C=O) groups is 1. The van der Waals surface area contributed by atoms with E-state index in [1.807, 2.05) is 6.92 Å². The van der Waals surface area contributed by atoms with Crippen molar-refractivity contribution in [1.82, 2.24) is 5.32 Å². The van der Waals surface area contributed by atoms with Crippen LogP contribution >= 0.6 is 0 Å². The number of carbonyl (C=O) groups excluding carboxylic acids is 1. The van der Waals surface area contributed by atoms with Gasteiger partial charge in [-0.05, 0) is 43.4 Å². The van der Waals surface area contributed by atoms with Crippen molar-refractivity contribution in [1.29, 1.82) is 0 Å². The van der Waals surface area contributed by atoms with Gasteiger partial charge in [0.25, 0.3) is 0 Å². The van der Waals surface area contributed by atoms with Crippen molar-refractivity contribution in [2.75, 3.05) is 0 Å². The van der Waals surface area contributed by atoms with Crippen molar-refractivity contribution in [2.24, 2.45) is 10.8 Å². The van der Waals surface area contributed by atoms with Crippen LogP contribution in [0.15, 0.2) is 0 Å². The minimum atomic E-state index is 0.201. The first kappa shape index (κ1) is 10.0. The molecule has 3 fully saturated rings. The average molecular weight is 195 g/mol. The molecule has 0 aromatic rings. The third-order valence-corrected chi connectivity index (χ3v) is 4.40. The summed E-state index contributed by atoms with van der Waals surface area (Å²) in [4.78, 5) is 11.3. The van der Waals surface area contributed by atoms with Crippen LogP contribution in [0.3, 0.4) is 0 Å². The Morgan fingerprint density at radius 1 is 1.43 bits per heavy atom. The largest absolute Gasteiger partial charge is 0.353 e. The topological polar surface area (TPSA) is 29.1 Å². The second-order valence-electron chi connectivity index (χ2n) is 5.67. The summed E-state index contributed by atoms with van der Waals surface area (Å²) < 4.78 is 0. The van der Waals surface area contributed by atoms with Crippen LogP contribution in [-0.4, -0.2) is 11.9 Å². The van der Waals surface area contributed by atoms with E-state index >= 15 is 0 Å². The van der Waals surface area contributed by atoms with Gasteiger partial charge in [0, 0.05) is 12.5 Å². The molecule has 0 radical (unpaired) electrons. The maximum atomic E-state index is 11.3. The molecule has 2 heteroatoms. The van der Waals surface area contributed by atoms with E-state index in [1.165, 1.54) is 25.7 Å². The summed E-state index contributed by atoms with van der Waals surface area (Å²) >= 11 is 0. The Morgan fingerprint density at radius 2 is 2.07 bits per heavy atom. The molecule has 0 heterocycles. The van der Waals surface area contributed by atoms with Crippen molar-refractivity contribution in [3.05, 3.63) is 0 Å². The average Bonchev–Trinajstić information content (AvgIpc) is 2.58. The van der Waals surface area contributed by atoms with Crippen LogP contribution in [0.4, 0.5) is 0 Å². The normalized spacial score (nSPS) is 41.6. The molecular formula is C12H21NO. The Morgan fingerprint density at radius 3 is 2.50 bits per heavy atom. The third-order valence-electron chi connectivity index (χ3n) is 4.40. The van der Waals surface area contributed by atoms with Gasteiger partial charge in [-0.2, -0.15) is 0 Å². The second kappa shape index (κ2) is 2.98. The van der Waals surface area contributed by atoms with E-state index in [1.54, 1.807) is 0 Å². The maximum absolute atomic E-state index is 11.3. The molecule has 3 aliphatic carbocycles. The van der Waals surface area contributed by atoms with Gasteiger partial charge in [0.2, 0.25) is 5.91 Å². The fourth-order valence-electron chi connectivity index (χ4n) is 3.57. The molecule has 1 unspecified atom stereocenters. The quantitative estimate of drug-likeness (QED) is 0.736. The molecule has 3 rings (SSSR count). The van der Waals surface area contributed by atoms with E-state index in [0.29, 0.717) is 23.3 Å². The summed E-state index contributed by atoms with van der Waals surface area (Å²) in [5, 5.41) is 3.13. The Bertz CT molecular complexity index is 253. The summed E-state index contributed by atoms with van der Waals surface area (Å²) in [7, 11) is 0. The van der Waals surface area contributed by atoms with Crippen molar-refractivity contribution >= 4 is 5.91 Å². The van der Waals surface area contributed by atoms with E-state index in [9.17, 15) is 4.79 Å². The lowest BCUT2D eigenvalue weighted by Gasteiger charge is -2.49. The van der Waals surface area contributed by atoms with Crippen molar-refractivity contribution in [3.63, 3.8) is 0 Å². The highest BCUT2D eigenvalue weighted by atomic mass is 16.1. The molecule has 0 aromatic heterocycles. The van der Waals surface area contributed by atoms with E-state index in [0.717, 1.165) is 0 Å². The molecule has 14 heavy (non-hydrogen) atoms. The molecule has 1 amide bonds. The molecule has 80 valence electrons. The Kier molecular flexibility index (Phi) is 2.13. The van der Waals surface area contributed by atoms with Gasteiger partial charge in [-0.1, -0.05) is 13.8 Å². The highest BCUT2D eigenvalue weighted by molar-refractivity contribution is 5.75. The SMILES string of the molecule is CCC(=O)NC(C)C12CCC(C)(C1)C2. The number of rotatable bonds is 3. The number of hydrogen-bond acceptors (Lipinski definition) is 1. The summed E-state index contributed by atoms with van der Waals surface area (Å²) in [6, 6.07) is 0.380. The van der Waals surface area contributed by atoms with Gasteiger partial charge in [-0.15, -0.1) is 0 Å². The van der Waals surface area contributed by atoms with E-state index in [4.69, 9.17) is 0 Å². The van der Waals surface area contributed by atoms with Gasteiger partial charge < -0.3 is 5.32 Å². The summed E-state index contributed by atoms with van der Waals surface area (Å²) in [5.74, 6) is 0.201. The number of fused-ring (bicyclic) bond motifs is 1. The van der Waals surface area contributed by atoms with Crippen molar-refractivity contribution in [3.8, 4) is 0 Å². The predicted octanol–water partition coefficient (Wildman–Crippen LogP) is 2.48. The molecule has 2 bridgehead atoms. The zero-order chi connectivity index (χ0) is 10.4. The summed E-state index contributed by atoms with van der Waals surface area (Å²) in [6.07, 6.45) is 5.93. The molecule has 0 aliphatic heterocycles. The fraction of sp³-hybridized carbons (Fsp3) is 0.917. The monoisotopic (exact) mass is 195 g/mol. The van der Waals surface area contributed by atoms with E-state index < -0.39 is 0 Å². The van der Waals surface area contributed by atoms with Crippen LogP contribution in [0.5, 0.6) is 0 Å². The molecule has 2 nitrogen and oxygen atoms in total. The maximum Gasteiger partial charge on any atom is 0.219 e. The first-order chi connectivity index (χ1) is 6.50. The minimum Gasteiger partial charge on any atom is -0.353 e. The van der Waals surface area contributed by atoms with Crippen LogP contribution in [0.25, 0.3) is 0 Å². The van der Waals surface area contributed by atoms with Crippen molar-refractivity contribution < 1.29 is 4.79 Å². The van der Waals surface area contributed by atoms with Crippen LogP contribution in [-0.2, 0) is 4.79 Å². The van der Waals surface area contributed by atoms with Gasteiger partial charge in [-0.3, -0.25) is 4.79 Å². The van der Waals surface area contributed by atoms with E-state index in [-0.39, 0.29) is 5.91 Å². The zero-order valence-electron chi connectivity index (χ0n) is 9.52. The van der Waals surface area contributed by atoms with Crippen LogP contribution in [0.2, 0.25) is 0 Å². The van der Waals surface area contributed by atoms with Crippen LogP contribution in [0, 0.1) is 10.8 Å². The molecule has 1 atom stereocenters. The molecule has 1 N–H and O–H groups in total. The lowest BCUT2D eigenvalue weighted by Crippen LogP contribution is -2.50. The van der Waals surface area contributed by atoms with Gasteiger partial charge in [0.15, 0.2) is 0 Å². The summed E-state index contributed by atoms with van der Waals surface area (Å²) in [5.41, 5.74) is 1.07. The predicted molar refractivity (Wildman–Crippen MR) is 56.9 cm³/mol. The molecule has 3 saturated carbocycles. The molecule has 0 saturated heterocycles. The molecule has 3 aliphatic rings. The highest BCUT2D eigenvalue weighted by Crippen LogP contribution is 2.68. The van der Waals surface area contributed by atoms with Gasteiger partial charge >= 0.3 is 0 Å². The van der Waals surface area contributed by atoms with Crippen LogP contribution in [0.1, 0.15) is 52.9 Å². The first-order valence-electron chi connectivity index (χ1n) is 5.79. The van der Waals surface area contributed by atoms with Gasteiger partial charge in [-0.25, -0.2) is 0 Å². The molecule has 0 spiro atoms. The lowest BCUT2D eigenvalue weighted by atomic mass is 9.58. The lowest BCUT2D eigenvalue weighted by molar-refractivity contribution is -0.123. The van der Waals surface area contributed by atoms with Gasteiger partial charge in [0.05, 0.1) is 0 Å². The fourth-order valence-corrected chi connectivity index (χ4v) is 3.57. The van der Waals surface area contributed by atoms with Gasteiger partial charge in [0.1, 0.15) is 0 Å². The first-order valence-corrected chi connectivity index (χ1v) is 5.79. The smallest absolute Gasteiger partial charge is 0.219 e. The Hall–Kier alpha value is -0.530. The van der Waals surface area contributed by atoms with Crippen LogP contribution < -0.4 is 5.32 Å². The number of hydrogen-bond donors (Lipinski definition) is 1. The molecule has 0 aromatic carbocycles.